The summed E-state index contributed by atoms with van der Waals surface area (Å²) < 4.78 is 0. The standard InChI is InChI=1S/C23H27N5OS/c1-16-14-24-23(30-16)27-22-5-3-4-21(26-22)19-10-12-28(13-11-19)15-18-6-8-20(9-7-18)25-17(2)29/h3-9,14,19H,10-13,15H2,1-2H3,(H,25,29)(H,24,26,27). The molecule has 4 rings (SSSR count). The van der Waals surface area contributed by atoms with E-state index in [0.29, 0.717) is 5.92 Å². The molecule has 3 aromatic rings. The highest BCUT2D eigenvalue weighted by atomic mass is 32.1. The SMILES string of the molecule is CC(=O)Nc1ccc(CN2CCC(c3cccc(Nc4ncc(C)s4)n3)CC2)cc1. The second kappa shape index (κ2) is 9.36. The molecule has 0 bridgehead atoms. The van der Waals surface area contributed by atoms with E-state index in [1.165, 1.54) is 17.4 Å². The number of carbonyl (C=O) groups is 1. The van der Waals surface area contributed by atoms with E-state index < -0.39 is 0 Å². The van der Waals surface area contributed by atoms with Gasteiger partial charge in [-0.3, -0.25) is 9.69 Å². The van der Waals surface area contributed by atoms with Crippen molar-refractivity contribution in [2.24, 2.45) is 0 Å². The minimum atomic E-state index is -0.0422. The summed E-state index contributed by atoms with van der Waals surface area (Å²) in [5.74, 6) is 1.31. The van der Waals surface area contributed by atoms with Crippen LogP contribution < -0.4 is 10.6 Å². The third-order valence-electron chi connectivity index (χ3n) is 5.31. The number of rotatable bonds is 6. The zero-order chi connectivity index (χ0) is 20.9. The summed E-state index contributed by atoms with van der Waals surface area (Å²) in [4.78, 5) is 24.0. The molecule has 156 valence electrons. The van der Waals surface area contributed by atoms with Crippen LogP contribution in [-0.2, 0) is 11.3 Å². The van der Waals surface area contributed by atoms with Gasteiger partial charge in [-0.1, -0.05) is 18.2 Å². The van der Waals surface area contributed by atoms with Gasteiger partial charge in [0.1, 0.15) is 5.82 Å². The first kappa shape index (κ1) is 20.5. The monoisotopic (exact) mass is 421 g/mol. The van der Waals surface area contributed by atoms with Gasteiger partial charge in [0, 0.05) is 41.8 Å². The number of nitrogens with zero attached hydrogens (tertiary/aromatic N) is 3. The van der Waals surface area contributed by atoms with E-state index in [1.54, 1.807) is 11.3 Å². The number of amides is 1. The van der Waals surface area contributed by atoms with Crippen molar-refractivity contribution in [3.8, 4) is 0 Å². The highest BCUT2D eigenvalue weighted by molar-refractivity contribution is 7.15. The smallest absolute Gasteiger partial charge is 0.221 e. The Hall–Kier alpha value is -2.77. The van der Waals surface area contributed by atoms with Crippen molar-refractivity contribution in [1.82, 2.24) is 14.9 Å². The molecule has 30 heavy (non-hydrogen) atoms. The predicted molar refractivity (Wildman–Crippen MR) is 122 cm³/mol. The van der Waals surface area contributed by atoms with Gasteiger partial charge in [-0.15, -0.1) is 11.3 Å². The molecule has 1 aliphatic rings. The maximum absolute atomic E-state index is 11.1. The second-order valence-electron chi connectivity index (χ2n) is 7.78. The number of anilines is 3. The van der Waals surface area contributed by atoms with Crippen LogP contribution in [0.4, 0.5) is 16.6 Å². The van der Waals surface area contributed by atoms with Crippen molar-refractivity contribution in [2.75, 3.05) is 23.7 Å². The number of piperidine rings is 1. The molecular formula is C23H27N5OS. The fraction of sp³-hybridized carbons (Fsp3) is 0.348. The number of aryl methyl sites for hydroxylation is 1. The fourth-order valence-electron chi connectivity index (χ4n) is 3.81. The van der Waals surface area contributed by atoms with Crippen LogP contribution in [-0.4, -0.2) is 33.9 Å². The summed E-state index contributed by atoms with van der Waals surface area (Å²) in [5.41, 5.74) is 3.27. The Bertz CT molecular complexity index is 993. The van der Waals surface area contributed by atoms with Gasteiger partial charge in [-0.05, 0) is 62.7 Å². The first-order chi connectivity index (χ1) is 14.5. The molecule has 1 amide bonds. The third-order valence-corrected chi connectivity index (χ3v) is 6.14. The number of pyridine rings is 1. The first-order valence-corrected chi connectivity index (χ1v) is 11.1. The van der Waals surface area contributed by atoms with Gasteiger partial charge in [0.25, 0.3) is 0 Å². The Balaban J connectivity index is 1.31. The van der Waals surface area contributed by atoms with Gasteiger partial charge < -0.3 is 10.6 Å². The Morgan fingerprint density at radius 2 is 1.93 bits per heavy atom. The maximum atomic E-state index is 11.1. The molecule has 1 aromatic carbocycles. The second-order valence-corrected chi connectivity index (χ2v) is 9.01. The Morgan fingerprint density at radius 3 is 2.60 bits per heavy atom. The Kier molecular flexibility index (Phi) is 6.40. The molecule has 0 spiro atoms. The van der Waals surface area contributed by atoms with E-state index in [1.807, 2.05) is 24.4 Å². The molecule has 2 aromatic heterocycles. The topological polar surface area (TPSA) is 70.2 Å². The molecular weight excluding hydrogens is 394 g/mol. The van der Waals surface area contributed by atoms with E-state index in [-0.39, 0.29) is 5.91 Å². The molecule has 1 saturated heterocycles. The summed E-state index contributed by atoms with van der Waals surface area (Å²) in [6.07, 6.45) is 4.09. The Morgan fingerprint density at radius 1 is 1.17 bits per heavy atom. The van der Waals surface area contributed by atoms with Crippen molar-refractivity contribution in [2.45, 2.75) is 39.2 Å². The molecule has 7 heteroatoms. The average molecular weight is 422 g/mol. The molecule has 0 aliphatic carbocycles. The lowest BCUT2D eigenvalue weighted by Crippen LogP contribution is -2.32. The number of hydrogen-bond acceptors (Lipinski definition) is 6. The third kappa shape index (κ3) is 5.43. The average Bonchev–Trinajstić information content (AvgIpc) is 3.14. The lowest BCUT2D eigenvalue weighted by atomic mass is 9.93. The van der Waals surface area contributed by atoms with Crippen LogP contribution in [0.2, 0.25) is 0 Å². The van der Waals surface area contributed by atoms with E-state index in [2.05, 4.69) is 51.7 Å². The number of nitrogens with one attached hydrogen (secondary N) is 2. The molecule has 1 aliphatic heterocycles. The lowest BCUT2D eigenvalue weighted by molar-refractivity contribution is -0.114. The van der Waals surface area contributed by atoms with Crippen LogP contribution in [0.3, 0.4) is 0 Å². The van der Waals surface area contributed by atoms with Gasteiger partial charge in [0.05, 0.1) is 0 Å². The molecule has 3 heterocycles. The van der Waals surface area contributed by atoms with E-state index >= 15 is 0 Å². The fourth-order valence-corrected chi connectivity index (χ4v) is 4.48. The number of thiazole rings is 1. The van der Waals surface area contributed by atoms with Crippen LogP contribution in [0.25, 0.3) is 0 Å². The number of benzene rings is 1. The quantitative estimate of drug-likeness (QED) is 0.591. The highest BCUT2D eigenvalue weighted by Crippen LogP contribution is 2.29. The van der Waals surface area contributed by atoms with Gasteiger partial charge in [-0.25, -0.2) is 9.97 Å². The summed E-state index contributed by atoms with van der Waals surface area (Å²) in [6.45, 7) is 6.63. The summed E-state index contributed by atoms with van der Waals surface area (Å²) in [6, 6.07) is 14.3. The predicted octanol–water partition coefficient (Wildman–Crippen LogP) is 4.93. The normalized spacial score (nSPS) is 15.1. The molecule has 6 nitrogen and oxygen atoms in total. The molecule has 2 N–H and O–H groups in total. The number of hydrogen-bond donors (Lipinski definition) is 2. The van der Waals surface area contributed by atoms with Crippen molar-refractivity contribution in [3.63, 3.8) is 0 Å². The minimum Gasteiger partial charge on any atom is -0.326 e. The molecule has 0 unspecified atom stereocenters. The van der Waals surface area contributed by atoms with Crippen molar-refractivity contribution in [1.29, 1.82) is 0 Å². The maximum Gasteiger partial charge on any atom is 0.221 e. The van der Waals surface area contributed by atoms with Crippen molar-refractivity contribution >= 4 is 33.9 Å². The summed E-state index contributed by atoms with van der Waals surface area (Å²) >= 11 is 1.64. The van der Waals surface area contributed by atoms with Crippen LogP contribution in [0, 0.1) is 6.92 Å². The summed E-state index contributed by atoms with van der Waals surface area (Å²) in [7, 11) is 0. The van der Waals surface area contributed by atoms with E-state index in [9.17, 15) is 4.79 Å². The molecule has 0 atom stereocenters. The highest BCUT2D eigenvalue weighted by Gasteiger charge is 2.22. The van der Waals surface area contributed by atoms with Crippen molar-refractivity contribution in [3.05, 3.63) is 64.8 Å². The van der Waals surface area contributed by atoms with E-state index in [0.717, 1.165) is 54.8 Å². The zero-order valence-corrected chi connectivity index (χ0v) is 18.2. The number of likely N-dealkylation sites (tertiary alicyclic amines) is 1. The Labute approximate surface area is 181 Å². The minimum absolute atomic E-state index is 0.0422. The largest absolute Gasteiger partial charge is 0.326 e. The van der Waals surface area contributed by atoms with Crippen LogP contribution >= 0.6 is 11.3 Å². The first-order valence-electron chi connectivity index (χ1n) is 10.3. The van der Waals surface area contributed by atoms with Crippen LogP contribution in [0.15, 0.2) is 48.7 Å². The van der Waals surface area contributed by atoms with Gasteiger partial charge >= 0.3 is 0 Å². The van der Waals surface area contributed by atoms with E-state index in [4.69, 9.17) is 4.98 Å². The number of carbonyl (C=O) groups excluding carboxylic acids is 1. The van der Waals surface area contributed by atoms with Gasteiger partial charge in [-0.2, -0.15) is 0 Å². The molecule has 0 saturated carbocycles. The molecule has 1 fully saturated rings. The van der Waals surface area contributed by atoms with Crippen molar-refractivity contribution < 1.29 is 4.79 Å². The van der Waals surface area contributed by atoms with Gasteiger partial charge in [0.15, 0.2) is 5.13 Å². The molecule has 0 radical (unpaired) electrons. The zero-order valence-electron chi connectivity index (χ0n) is 17.4. The van der Waals surface area contributed by atoms with Crippen LogP contribution in [0.1, 0.15) is 41.8 Å². The van der Waals surface area contributed by atoms with Crippen LogP contribution in [0.5, 0.6) is 0 Å². The summed E-state index contributed by atoms with van der Waals surface area (Å²) in [5, 5.41) is 7.02. The van der Waals surface area contributed by atoms with Gasteiger partial charge in [0.2, 0.25) is 5.91 Å². The lowest BCUT2D eigenvalue weighted by Gasteiger charge is -2.31. The number of aromatic nitrogens is 2.